The highest BCUT2D eigenvalue weighted by atomic mass is 16.6. The van der Waals surface area contributed by atoms with E-state index in [4.69, 9.17) is 9.47 Å². The highest BCUT2D eigenvalue weighted by Gasteiger charge is 2.15. The van der Waals surface area contributed by atoms with E-state index in [9.17, 15) is 0 Å². The molecule has 0 bridgehead atoms. The monoisotopic (exact) mass is 276 g/mol. The van der Waals surface area contributed by atoms with Crippen LogP contribution in [0.5, 0.6) is 11.5 Å². The molecule has 2 aliphatic heterocycles. The molecule has 1 saturated heterocycles. The van der Waals surface area contributed by atoms with E-state index < -0.39 is 0 Å². The number of hydrogen-bond donors (Lipinski definition) is 1. The summed E-state index contributed by atoms with van der Waals surface area (Å²) in [7, 11) is 0. The molecule has 0 spiro atoms. The largest absolute Gasteiger partial charge is 0.486 e. The van der Waals surface area contributed by atoms with E-state index in [2.05, 4.69) is 16.3 Å². The number of rotatable bonds is 5. The van der Waals surface area contributed by atoms with Gasteiger partial charge in [0, 0.05) is 25.2 Å². The normalized spacial score (nSPS) is 19.0. The zero-order valence-corrected chi connectivity index (χ0v) is 12.1. The number of fused-ring (bicyclic) bond motifs is 1. The Hall–Kier alpha value is -1.26. The smallest absolute Gasteiger partial charge is 0.165 e. The van der Waals surface area contributed by atoms with Gasteiger partial charge in [-0.25, -0.2) is 0 Å². The Balaban J connectivity index is 1.46. The summed E-state index contributed by atoms with van der Waals surface area (Å²) in [5.74, 6) is 1.80. The maximum atomic E-state index is 5.73. The van der Waals surface area contributed by atoms with E-state index in [0.717, 1.165) is 31.1 Å². The molecular weight excluding hydrogens is 252 g/mol. The zero-order chi connectivity index (χ0) is 13.6. The van der Waals surface area contributed by atoms with Gasteiger partial charge in [-0.3, -0.25) is 0 Å². The lowest BCUT2D eigenvalue weighted by atomic mass is 10.1. The molecule has 3 rings (SSSR count). The Kier molecular flexibility index (Phi) is 4.77. The van der Waals surface area contributed by atoms with E-state index in [1.807, 2.05) is 12.1 Å². The molecule has 20 heavy (non-hydrogen) atoms. The van der Waals surface area contributed by atoms with E-state index in [1.165, 1.54) is 37.9 Å². The van der Waals surface area contributed by atoms with Crippen molar-refractivity contribution in [1.82, 2.24) is 10.2 Å². The Labute approximate surface area is 121 Å². The third-order valence-electron chi connectivity index (χ3n) is 4.02. The highest BCUT2D eigenvalue weighted by molar-refractivity contribution is 5.47. The van der Waals surface area contributed by atoms with Crippen LogP contribution in [0.25, 0.3) is 0 Å². The summed E-state index contributed by atoms with van der Waals surface area (Å²) in [6.45, 7) is 6.85. The molecule has 0 radical (unpaired) electrons. The van der Waals surface area contributed by atoms with Gasteiger partial charge in [-0.15, -0.1) is 0 Å². The quantitative estimate of drug-likeness (QED) is 0.834. The Bertz CT molecular complexity index is 430. The number of para-hydroxylation sites is 1. The topological polar surface area (TPSA) is 33.7 Å². The van der Waals surface area contributed by atoms with E-state index in [0.29, 0.717) is 13.2 Å². The van der Waals surface area contributed by atoms with Gasteiger partial charge in [-0.1, -0.05) is 18.6 Å². The SMILES string of the molecule is c1cc(CNCCN2CCCCC2)c2c(c1)OCCO2. The average Bonchev–Trinajstić information content (AvgIpc) is 2.53. The minimum absolute atomic E-state index is 0.651. The fourth-order valence-electron chi connectivity index (χ4n) is 2.92. The molecule has 0 aliphatic carbocycles. The molecule has 1 aromatic carbocycles. The number of hydrogen-bond acceptors (Lipinski definition) is 4. The minimum Gasteiger partial charge on any atom is -0.486 e. The standard InChI is InChI=1S/C16H24N2O2/c1-2-8-18(9-3-1)10-7-17-13-14-5-4-6-15-16(14)20-12-11-19-15/h4-6,17H,1-3,7-13H2. The minimum atomic E-state index is 0.651. The van der Waals surface area contributed by atoms with Crippen LogP contribution in [0, 0.1) is 0 Å². The first kappa shape index (κ1) is 13.7. The molecule has 1 N–H and O–H groups in total. The number of benzene rings is 1. The van der Waals surface area contributed by atoms with Gasteiger partial charge in [0.2, 0.25) is 0 Å². The van der Waals surface area contributed by atoms with Crippen molar-refractivity contribution in [2.75, 3.05) is 39.4 Å². The number of piperidine rings is 1. The number of likely N-dealkylation sites (tertiary alicyclic amines) is 1. The molecule has 1 fully saturated rings. The molecule has 0 atom stereocenters. The lowest BCUT2D eigenvalue weighted by Crippen LogP contribution is -2.35. The van der Waals surface area contributed by atoms with Gasteiger partial charge in [-0.2, -0.15) is 0 Å². The predicted octanol–water partition coefficient (Wildman–Crippen LogP) is 2.03. The lowest BCUT2D eigenvalue weighted by Gasteiger charge is -2.26. The molecule has 2 heterocycles. The van der Waals surface area contributed by atoms with Crippen LogP contribution in [0.1, 0.15) is 24.8 Å². The molecule has 2 aliphatic rings. The van der Waals surface area contributed by atoms with E-state index in [1.54, 1.807) is 0 Å². The maximum absolute atomic E-state index is 5.73. The predicted molar refractivity (Wildman–Crippen MR) is 79.4 cm³/mol. The number of nitrogens with one attached hydrogen (secondary N) is 1. The van der Waals surface area contributed by atoms with Crippen LogP contribution in [0.3, 0.4) is 0 Å². The van der Waals surface area contributed by atoms with Crippen molar-refractivity contribution in [3.05, 3.63) is 23.8 Å². The molecule has 4 nitrogen and oxygen atoms in total. The van der Waals surface area contributed by atoms with Crippen LogP contribution in [0.4, 0.5) is 0 Å². The average molecular weight is 276 g/mol. The molecule has 0 saturated carbocycles. The summed E-state index contributed by atoms with van der Waals surface area (Å²) in [6.07, 6.45) is 4.12. The summed E-state index contributed by atoms with van der Waals surface area (Å²) < 4.78 is 11.3. The first-order valence-corrected chi connectivity index (χ1v) is 7.74. The van der Waals surface area contributed by atoms with E-state index in [-0.39, 0.29) is 0 Å². The summed E-state index contributed by atoms with van der Waals surface area (Å²) in [5.41, 5.74) is 1.20. The lowest BCUT2D eigenvalue weighted by molar-refractivity contribution is 0.169. The van der Waals surface area contributed by atoms with Crippen molar-refractivity contribution in [2.45, 2.75) is 25.8 Å². The second kappa shape index (κ2) is 6.95. The molecule has 0 amide bonds. The number of nitrogens with zero attached hydrogens (tertiary/aromatic N) is 1. The molecule has 4 heteroatoms. The van der Waals surface area contributed by atoms with Crippen molar-refractivity contribution in [3.8, 4) is 11.5 Å². The molecule has 1 aromatic rings. The summed E-state index contributed by atoms with van der Waals surface area (Å²) in [4.78, 5) is 2.55. The molecular formula is C16H24N2O2. The third-order valence-corrected chi connectivity index (χ3v) is 4.02. The Morgan fingerprint density at radius 2 is 1.90 bits per heavy atom. The van der Waals surface area contributed by atoms with Crippen molar-refractivity contribution in [3.63, 3.8) is 0 Å². The van der Waals surface area contributed by atoms with Crippen molar-refractivity contribution >= 4 is 0 Å². The van der Waals surface area contributed by atoms with Gasteiger partial charge in [0.15, 0.2) is 11.5 Å². The van der Waals surface area contributed by atoms with Gasteiger partial charge >= 0.3 is 0 Å². The number of ether oxygens (including phenoxy) is 2. The zero-order valence-electron chi connectivity index (χ0n) is 12.1. The third kappa shape index (κ3) is 3.44. The van der Waals surface area contributed by atoms with Crippen LogP contribution in [0.15, 0.2) is 18.2 Å². The van der Waals surface area contributed by atoms with Crippen molar-refractivity contribution < 1.29 is 9.47 Å². The second-order valence-corrected chi connectivity index (χ2v) is 5.52. The van der Waals surface area contributed by atoms with Gasteiger partial charge in [0.25, 0.3) is 0 Å². The van der Waals surface area contributed by atoms with Crippen molar-refractivity contribution in [2.24, 2.45) is 0 Å². The summed E-state index contributed by atoms with van der Waals surface area (Å²) in [6, 6.07) is 6.13. The summed E-state index contributed by atoms with van der Waals surface area (Å²) in [5, 5.41) is 3.52. The molecule has 110 valence electrons. The van der Waals surface area contributed by atoms with Gasteiger partial charge < -0.3 is 19.7 Å². The van der Waals surface area contributed by atoms with E-state index >= 15 is 0 Å². The van der Waals surface area contributed by atoms with Crippen LogP contribution >= 0.6 is 0 Å². The van der Waals surface area contributed by atoms with Gasteiger partial charge in [0.1, 0.15) is 13.2 Å². The van der Waals surface area contributed by atoms with Crippen molar-refractivity contribution in [1.29, 1.82) is 0 Å². The fraction of sp³-hybridized carbons (Fsp3) is 0.625. The first-order valence-electron chi connectivity index (χ1n) is 7.74. The van der Waals surface area contributed by atoms with Crippen LogP contribution in [-0.4, -0.2) is 44.3 Å². The molecule has 0 aromatic heterocycles. The Morgan fingerprint density at radius 1 is 1.05 bits per heavy atom. The van der Waals surface area contributed by atoms with Crippen LogP contribution < -0.4 is 14.8 Å². The first-order chi connectivity index (χ1) is 9.93. The Morgan fingerprint density at radius 3 is 2.80 bits per heavy atom. The fourth-order valence-corrected chi connectivity index (χ4v) is 2.92. The highest BCUT2D eigenvalue weighted by Crippen LogP contribution is 2.33. The maximum Gasteiger partial charge on any atom is 0.165 e. The van der Waals surface area contributed by atoms with Crippen LogP contribution in [0.2, 0.25) is 0 Å². The van der Waals surface area contributed by atoms with Gasteiger partial charge in [-0.05, 0) is 32.0 Å². The van der Waals surface area contributed by atoms with Crippen LogP contribution in [-0.2, 0) is 6.54 Å². The van der Waals surface area contributed by atoms with Gasteiger partial charge in [0.05, 0.1) is 0 Å². The molecule has 0 unspecified atom stereocenters. The summed E-state index contributed by atoms with van der Waals surface area (Å²) >= 11 is 0. The second-order valence-electron chi connectivity index (χ2n) is 5.52.